The van der Waals surface area contributed by atoms with Crippen molar-refractivity contribution in [2.45, 2.75) is 25.4 Å². The fraction of sp³-hybridized carbons (Fsp3) is 0.368. The van der Waals surface area contributed by atoms with Crippen molar-refractivity contribution < 1.29 is 23.8 Å². The molecule has 1 aliphatic heterocycles. The second kappa shape index (κ2) is 7.98. The van der Waals surface area contributed by atoms with Crippen LogP contribution in [0.1, 0.15) is 18.6 Å². The number of furan rings is 1. The van der Waals surface area contributed by atoms with Gasteiger partial charge in [0.25, 0.3) is 0 Å². The van der Waals surface area contributed by atoms with Crippen molar-refractivity contribution in [3.8, 4) is 11.3 Å². The van der Waals surface area contributed by atoms with Crippen LogP contribution in [0.25, 0.3) is 11.3 Å². The largest absolute Gasteiger partial charge is 0.481 e. The number of carbonyl (C=O) groups is 2. The van der Waals surface area contributed by atoms with Crippen LogP contribution in [-0.4, -0.2) is 47.7 Å². The summed E-state index contributed by atoms with van der Waals surface area (Å²) in [5.74, 6) is 0.637. The molecule has 3 rings (SSSR count). The number of rotatable bonds is 6. The standard InChI is InChI=1S/C19H21NO5/c21-18(20-10-11-24-16(13-20)12-19(22)23)9-7-15-6-8-17(25-15)14-4-2-1-3-5-14/h1-6,8,16H,7,9-13H2,(H,22,23)/t16-/m1/s1. The summed E-state index contributed by atoms with van der Waals surface area (Å²) in [6, 6.07) is 13.6. The first kappa shape index (κ1) is 17.2. The van der Waals surface area contributed by atoms with Crippen molar-refractivity contribution in [2.24, 2.45) is 0 Å². The van der Waals surface area contributed by atoms with Crippen LogP contribution in [-0.2, 0) is 20.7 Å². The van der Waals surface area contributed by atoms with E-state index in [1.54, 1.807) is 4.90 Å². The molecule has 1 aromatic carbocycles. The van der Waals surface area contributed by atoms with Crippen LogP contribution in [0.5, 0.6) is 0 Å². The lowest BCUT2D eigenvalue weighted by Gasteiger charge is -2.32. The number of nitrogens with zero attached hydrogens (tertiary/aromatic N) is 1. The van der Waals surface area contributed by atoms with Gasteiger partial charge in [-0.25, -0.2) is 0 Å². The van der Waals surface area contributed by atoms with Crippen LogP contribution in [0.15, 0.2) is 46.9 Å². The normalized spacial score (nSPS) is 17.4. The minimum absolute atomic E-state index is 0.00338. The van der Waals surface area contributed by atoms with E-state index < -0.39 is 12.1 Å². The lowest BCUT2D eigenvalue weighted by molar-refractivity contribution is -0.147. The molecule has 0 saturated carbocycles. The van der Waals surface area contributed by atoms with E-state index in [-0.39, 0.29) is 12.3 Å². The molecule has 1 N–H and O–H groups in total. The zero-order valence-corrected chi connectivity index (χ0v) is 13.9. The monoisotopic (exact) mass is 343 g/mol. The molecule has 6 heteroatoms. The van der Waals surface area contributed by atoms with E-state index >= 15 is 0 Å². The predicted molar refractivity (Wildman–Crippen MR) is 91.0 cm³/mol. The molecular weight excluding hydrogens is 322 g/mol. The SMILES string of the molecule is O=C(O)C[C@@H]1CN(C(=O)CCc2ccc(-c3ccccc3)o2)CCO1. The number of benzene rings is 1. The van der Waals surface area contributed by atoms with Gasteiger partial charge in [0.1, 0.15) is 11.5 Å². The summed E-state index contributed by atoms with van der Waals surface area (Å²) < 4.78 is 11.2. The highest BCUT2D eigenvalue weighted by molar-refractivity contribution is 5.76. The smallest absolute Gasteiger partial charge is 0.306 e. The number of carboxylic acids is 1. The number of hydrogen-bond donors (Lipinski definition) is 1. The first-order valence-electron chi connectivity index (χ1n) is 8.37. The van der Waals surface area contributed by atoms with E-state index in [4.69, 9.17) is 14.3 Å². The van der Waals surface area contributed by atoms with E-state index in [1.807, 2.05) is 42.5 Å². The first-order chi connectivity index (χ1) is 12.1. The molecule has 1 aromatic heterocycles. The van der Waals surface area contributed by atoms with Gasteiger partial charge in [-0.2, -0.15) is 0 Å². The maximum absolute atomic E-state index is 12.4. The fourth-order valence-electron chi connectivity index (χ4n) is 2.92. The predicted octanol–water partition coefficient (Wildman–Crippen LogP) is 2.58. The van der Waals surface area contributed by atoms with Crippen molar-refractivity contribution in [1.29, 1.82) is 0 Å². The Labute approximate surface area is 146 Å². The number of amides is 1. The second-order valence-electron chi connectivity index (χ2n) is 6.06. The fourth-order valence-corrected chi connectivity index (χ4v) is 2.92. The zero-order valence-electron chi connectivity index (χ0n) is 13.9. The van der Waals surface area contributed by atoms with Gasteiger partial charge in [-0.3, -0.25) is 9.59 Å². The minimum Gasteiger partial charge on any atom is -0.481 e. The molecule has 2 aromatic rings. The highest BCUT2D eigenvalue weighted by Crippen LogP contribution is 2.22. The highest BCUT2D eigenvalue weighted by Gasteiger charge is 2.25. The van der Waals surface area contributed by atoms with Gasteiger partial charge < -0.3 is 19.2 Å². The van der Waals surface area contributed by atoms with E-state index in [0.29, 0.717) is 32.5 Å². The van der Waals surface area contributed by atoms with E-state index in [9.17, 15) is 9.59 Å². The van der Waals surface area contributed by atoms with Crippen LogP contribution in [0.3, 0.4) is 0 Å². The van der Waals surface area contributed by atoms with Crippen molar-refractivity contribution in [3.63, 3.8) is 0 Å². The topological polar surface area (TPSA) is 80.0 Å². The molecule has 6 nitrogen and oxygen atoms in total. The molecule has 1 amide bonds. The molecule has 0 bridgehead atoms. The Morgan fingerprint density at radius 2 is 1.96 bits per heavy atom. The molecule has 25 heavy (non-hydrogen) atoms. The molecule has 132 valence electrons. The number of aryl methyl sites for hydroxylation is 1. The Bertz CT molecular complexity index is 724. The molecule has 1 fully saturated rings. The molecule has 0 spiro atoms. The van der Waals surface area contributed by atoms with Gasteiger partial charge in [-0.15, -0.1) is 0 Å². The summed E-state index contributed by atoms with van der Waals surface area (Å²) in [6.07, 6.45) is 0.347. The Morgan fingerprint density at radius 3 is 2.72 bits per heavy atom. The van der Waals surface area contributed by atoms with Crippen molar-refractivity contribution in [3.05, 3.63) is 48.2 Å². The molecule has 0 unspecified atom stereocenters. The molecule has 0 aliphatic carbocycles. The third kappa shape index (κ3) is 4.70. The molecule has 0 radical (unpaired) electrons. The third-order valence-electron chi connectivity index (χ3n) is 4.20. The molecule has 1 aliphatic rings. The summed E-state index contributed by atoms with van der Waals surface area (Å²) in [5, 5.41) is 8.84. The van der Waals surface area contributed by atoms with Gasteiger partial charge in [0.15, 0.2) is 0 Å². The van der Waals surface area contributed by atoms with Gasteiger partial charge in [0.05, 0.1) is 19.1 Å². The number of ether oxygens (including phenoxy) is 1. The average Bonchev–Trinajstić information content (AvgIpc) is 3.09. The van der Waals surface area contributed by atoms with Crippen LogP contribution >= 0.6 is 0 Å². The lowest BCUT2D eigenvalue weighted by Crippen LogP contribution is -2.46. The van der Waals surface area contributed by atoms with Crippen molar-refractivity contribution in [2.75, 3.05) is 19.7 Å². The maximum atomic E-state index is 12.4. The Hall–Kier alpha value is -2.60. The number of carbonyl (C=O) groups excluding carboxylic acids is 1. The van der Waals surface area contributed by atoms with Gasteiger partial charge in [0.2, 0.25) is 5.91 Å². The number of aliphatic carboxylic acids is 1. The number of hydrogen-bond acceptors (Lipinski definition) is 4. The number of carboxylic acid groups (broad SMARTS) is 1. The summed E-state index contributed by atoms with van der Waals surface area (Å²) in [6.45, 7) is 1.21. The van der Waals surface area contributed by atoms with E-state index in [0.717, 1.165) is 17.1 Å². The van der Waals surface area contributed by atoms with Gasteiger partial charge in [-0.1, -0.05) is 30.3 Å². The van der Waals surface area contributed by atoms with Crippen LogP contribution in [0.4, 0.5) is 0 Å². The van der Waals surface area contributed by atoms with Crippen LogP contribution in [0, 0.1) is 0 Å². The van der Waals surface area contributed by atoms with E-state index in [1.165, 1.54) is 0 Å². The zero-order chi connectivity index (χ0) is 17.6. The van der Waals surface area contributed by atoms with E-state index in [2.05, 4.69) is 0 Å². The van der Waals surface area contributed by atoms with Crippen LogP contribution in [0.2, 0.25) is 0 Å². The van der Waals surface area contributed by atoms with Gasteiger partial charge in [0, 0.05) is 31.5 Å². The molecule has 1 atom stereocenters. The lowest BCUT2D eigenvalue weighted by atomic mass is 10.1. The van der Waals surface area contributed by atoms with Gasteiger partial charge in [-0.05, 0) is 12.1 Å². The van der Waals surface area contributed by atoms with Crippen LogP contribution < -0.4 is 0 Å². The average molecular weight is 343 g/mol. The van der Waals surface area contributed by atoms with Crippen molar-refractivity contribution >= 4 is 11.9 Å². The molecular formula is C19H21NO5. The minimum atomic E-state index is -0.914. The Morgan fingerprint density at radius 1 is 1.16 bits per heavy atom. The quantitative estimate of drug-likeness (QED) is 0.872. The highest BCUT2D eigenvalue weighted by atomic mass is 16.5. The van der Waals surface area contributed by atoms with Crippen molar-refractivity contribution in [1.82, 2.24) is 4.90 Å². The third-order valence-corrected chi connectivity index (χ3v) is 4.20. The second-order valence-corrected chi connectivity index (χ2v) is 6.06. The van der Waals surface area contributed by atoms with Gasteiger partial charge >= 0.3 is 5.97 Å². The number of morpholine rings is 1. The first-order valence-corrected chi connectivity index (χ1v) is 8.37. The summed E-state index contributed by atoms with van der Waals surface area (Å²) >= 11 is 0. The molecule has 1 saturated heterocycles. The summed E-state index contributed by atoms with van der Waals surface area (Å²) in [4.78, 5) is 24.8. The Balaban J connectivity index is 1.52. The maximum Gasteiger partial charge on any atom is 0.306 e. The Kier molecular flexibility index (Phi) is 5.50. The summed E-state index contributed by atoms with van der Waals surface area (Å²) in [5.41, 5.74) is 1.00. The summed E-state index contributed by atoms with van der Waals surface area (Å²) in [7, 11) is 0. The molecule has 2 heterocycles.